The van der Waals surface area contributed by atoms with E-state index in [1.807, 2.05) is 43.3 Å². The Hall–Kier alpha value is -2.11. The van der Waals surface area contributed by atoms with E-state index in [0.717, 1.165) is 21.7 Å². The monoisotopic (exact) mass is 333 g/mol. The molecule has 0 radical (unpaired) electrons. The van der Waals surface area contributed by atoms with E-state index in [9.17, 15) is 4.79 Å². The van der Waals surface area contributed by atoms with Crippen LogP contribution in [0, 0.1) is 11.3 Å². The fourth-order valence-corrected chi connectivity index (χ4v) is 3.39. The zero-order valence-corrected chi connectivity index (χ0v) is 13.7. The second-order valence-electron chi connectivity index (χ2n) is 4.17. The van der Waals surface area contributed by atoms with Crippen LogP contribution in [0.2, 0.25) is 0 Å². The lowest BCUT2D eigenvalue weighted by Gasteiger charge is -2.19. The van der Waals surface area contributed by atoms with Crippen LogP contribution in [0.3, 0.4) is 0 Å². The standard InChI is InChI=1S/C14H15N5OS2/c1-2-16-13-17-18-14(22-13)21-10-12(20)19(9-8-15)11-6-4-3-5-7-11/h3-7H,2,9-10H2,1H3,(H,16,17). The number of hydrogen-bond acceptors (Lipinski definition) is 7. The predicted molar refractivity (Wildman–Crippen MR) is 89.2 cm³/mol. The van der Waals surface area contributed by atoms with Crippen molar-refractivity contribution >= 4 is 39.8 Å². The van der Waals surface area contributed by atoms with Crippen LogP contribution in [0.25, 0.3) is 0 Å². The van der Waals surface area contributed by atoms with Crippen LogP contribution in [0.1, 0.15) is 6.92 Å². The third-order valence-corrected chi connectivity index (χ3v) is 4.65. The van der Waals surface area contributed by atoms with Crippen molar-refractivity contribution in [3.8, 4) is 6.07 Å². The van der Waals surface area contributed by atoms with Gasteiger partial charge >= 0.3 is 0 Å². The molecule has 114 valence electrons. The van der Waals surface area contributed by atoms with Gasteiger partial charge in [0, 0.05) is 12.2 Å². The highest BCUT2D eigenvalue weighted by atomic mass is 32.2. The average Bonchev–Trinajstić information content (AvgIpc) is 2.99. The molecule has 22 heavy (non-hydrogen) atoms. The van der Waals surface area contributed by atoms with Gasteiger partial charge in [0.25, 0.3) is 0 Å². The third kappa shape index (κ3) is 4.44. The zero-order valence-electron chi connectivity index (χ0n) is 12.0. The van der Waals surface area contributed by atoms with Crippen LogP contribution in [0.15, 0.2) is 34.7 Å². The Kier molecular flexibility index (Phi) is 6.18. The molecular weight excluding hydrogens is 318 g/mol. The number of amides is 1. The summed E-state index contributed by atoms with van der Waals surface area (Å²) < 4.78 is 0.731. The quantitative estimate of drug-likeness (QED) is 0.619. The maximum absolute atomic E-state index is 12.3. The molecule has 0 saturated carbocycles. The van der Waals surface area contributed by atoms with Crippen molar-refractivity contribution in [1.82, 2.24) is 10.2 Å². The van der Waals surface area contributed by atoms with Gasteiger partial charge in [0.2, 0.25) is 11.0 Å². The summed E-state index contributed by atoms with van der Waals surface area (Å²) in [5.74, 6) is 0.0927. The Morgan fingerprint density at radius 1 is 1.41 bits per heavy atom. The molecule has 0 aliphatic heterocycles. The summed E-state index contributed by atoms with van der Waals surface area (Å²) in [7, 11) is 0. The van der Waals surface area contributed by atoms with Gasteiger partial charge in [0.1, 0.15) is 6.54 Å². The van der Waals surface area contributed by atoms with Crippen molar-refractivity contribution in [2.24, 2.45) is 0 Å². The molecular formula is C14H15N5OS2. The molecule has 1 aromatic carbocycles. The molecule has 1 N–H and O–H groups in total. The van der Waals surface area contributed by atoms with Gasteiger partial charge in [-0.05, 0) is 19.1 Å². The molecule has 1 aromatic heterocycles. The first-order valence-corrected chi connectivity index (χ1v) is 8.47. The van der Waals surface area contributed by atoms with Crippen molar-refractivity contribution in [3.63, 3.8) is 0 Å². The Labute approximate surface area is 137 Å². The van der Waals surface area contributed by atoms with E-state index in [2.05, 4.69) is 15.5 Å². The molecule has 0 aliphatic rings. The molecule has 2 aromatic rings. The number of para-hydroxylation sites is 1. The van der Waals surface area contributed by atoms with Crippen LogP contribution in [-0.4, -0.2) is 34.9 Å². The number of benzene rings is 1. The van der Waals surface area contributed by atoms with Gasteiger partial charge in [-0.25, -0.2) is 0 Å². The molecule has 2 rings (SSSR count). The maximum atomic E-state index is 12.3. The van der Waals surface area contributed by atoms with Gasteiger partial charge in [0.05, 0.1) is 11.8 Å². The number of nitrogens with zero attached hydrogens (tertiary/aromatic N) is 4. The molecule has 8 heteroatoms. The SMILES string of the molecule is CCNc1nnc(SCC(=O)N(CC#N)c2ccccc2)s1. The highest BCUT2D eigenvalue weighted by Crippen LogP contribution is 2.26. The lowest BCUT2D eigenvalue weighted by molar-refractivity contribution is -0.116. The number of thioether (sulfide) groups is 1. The van der Waals surface area contributed by atoms with Crippen LogP contribution >= 0.6 is 23.1 Å². The van der Waals surface area contributed by atoms with E-state index >= 15 is 0 Å². The van der Waals surface area contributed by atoms with Crippen LogP contribution in [0.4, 0.5) is 10.8 Å². The van der Waals surface area contributed by atoms with Crippen molar-refractivity contribution in [3.05, 3.63) is 30.3 Å². The Morgan fingerprint density at radius 3 is 2.86 bits per heavy atom. The molecule has 0 spiro atoms. The fourth-order valence-electron chi connectivity index (χ4n) is 1.69. The van der Waals surface area contributed by atoms with Crippen molar-refractivity contribution in [1.29, 1.82) is 5.26 Å². The molecule has 6 nitrogen and oxygen atoms in total. The minimum absolute atomic E-state index is 0.0299. The van der Waals surface area contributed by atoms with Gasteiger partial charge in [-0.1, -0.05) is 41.3 Å². The molecule has 0 unspecified atom stereocenters. The van der Waals surface area contributed by atoms with Gasteiger partial charge in [-0.2, -0.15) is 5.26 Å². The molecule has 0 aliphatic carbocycles. The number of nitrogens with one attached hydrogen (secondary N) is 1. The first kappa shape index (κ1) is 16.3. The Bertz CT molecular complexity index is 653. The zero-order chi connectivity index (χ0) is 15.8. The predicted octanol–water partition coefficient (Wildman–Crippen LogP) is 2.62. The first-order valence-electron chi connectivity index (χ1n) is 6.67. The number of carbonyl (C=O) groups is 1. The van der Waals surface area contributed by atoms with E-state index in [1.54, 1.807) is 0 Å². The van der Waals surface area contributed by atoms with E-state index in [1.165, 1.54) is 28.0 Å². The molecule has 0 atom stereocenters. The summed E-state index contributed by atoms with van der Waals surface area (Å²) in [5.41, 5.74) is 0.722. The fraction of sp³-hybridized carbons (Fsp3) is 0.286. The van der Waals surface area contributed by atoms with Gasteiger partial charge in [-0.15, -0.1) is 10.2 Å². The van der Waals surface area contributed by atoms with E-state index in [4.69, 9.17) is 5.26 Å². The number of rotatable bonds is 7. The lowest BCUT2D eigenvalue weighted by atomic mass is 10.3. The summed E-state index contributed by atoms with van der Waals surface area (Å²) >= 11 is 2.74. The second kappa shape index (κ2) is 8.36. The summed E-state index contributed by atoms with van der Waals surface area (Å²) in [4.78, 5) is 13.8. The molecule has 0 bridgehead atoms. The minimum atomic E-state index is -0.127. The number of hydrogen-bond donors (Lipinski definition) is 1. The first-order chi connectivity index (χ1) is 10.7. The van der Waals surface area contributed by atoms with Crippen molar-refractivity contribution in [2.75, 3.05) is 29.1 Å². The minimum Gasteiger partial charge on any atom is -0.360 e. The average molecular weight is 333 g/mol. The lowest BCUT2D eigenvalue weighted by Crippen LogP contribution is -2.32. The maximum Gasteiger partial charge on any atom is 0.238 e. The smallest absolute Gasteiger partial charge is 0.238 e. The molecule has 0 fully saturated rings. The topological polar surface area (TPSA) is 81.9 Å². The van der Waals surface area contributed by atoms with Crippen LogP contribution in [-0.2, 0) is 4.79 Å². The summed E-state index contributed by atoms with van der Waals surface area (Å²) in [5, 5.41) is 20.7. The Morgan fingerprint density at radius 2 is 2.18 bits per heavy atom. The van der Waals surface area contributed by atoms with Gasteiger partial charge in [0.15, 0.2) is 4.34 Å². The Balaban J connectivity index is 1.98. The largest absolute Gasteiger partial charge is 0.360 e. The van der Waals surface area contributed by atoms with Gasteiger partial charge in [-0.3, -0.25) is 9.69 Å². The molecule has 1 amide bonds. The number of anilines is 2. The summed E-state index contributed by atoms with van der Waals surface area (Å²) in [6.45, 7) is 2.79. The summed E-state index contributed by atoms with van der Waals surface area (Å²) in [6, 6.07) is 11.2. The van der Waals surface area contributed by atoms with Crippen LogP contribution in [0.5, 0.6) is 0 Å². The second-order valence-corrected chi connectivity index (χ2v) is 6.37. The molecule has 0 saturated heterocycles. The van der Waals surface area contributed by atoms with Gasteiger partial charge < -0.3 is 5.32 Å². The highest BCUT2D eigenvalue weighted by Gasteiger charge is 2.16. The van der Waals surface area contributed by atoms with E-state index in [-0.39, 0.29) is 18.2 Å². The number of aromatic nitrogens is 2. The number of nitriles is 1. The highest BCUT2D eigenvalue weighted by molar-refractivity contribution is 8.01. The molecule has 1 heterocycles. The third-order valence-electron chi connectivity index (χ3n) is 2.65. The van der Waals surface area contributed by atoms with Crippen molar-refractivity contribution < 1.29 is 4.79 Å². The van der Waals surface area contributed by atoms with E-state index in [0.29, 0.717) is 0 Å². The van der Waals surface area contributed by atoms with Crippen molar-refractivity contribution in [2.45, 2.75) is 11.3 Å². The van der Waals surface area contributed by atoms with Crippen LogP contribution < -0.4 is 10.2 Å². The summed E-state index contributed by atoms with van der Waals surface area (Å²) in [6.07, 6.45) is 0. The normalized spacial score (nSPS) is 10.0. The van der Waals surface area contributed by atoms with E-state index < -0.39 is 0 Å². The number of carbonyl (C=O) groups excluding carboxylic acids is 1.